The van der Waals surface area contributed by atoms with E-state index >= 15 is 0 Å². The Morgan fingerprint density at radius 1 is 1.41 bits per heavy atom. The third-order valence-corrected chi connectivity index (χ3v) is 3.76. The highest BCUT2D eigenvalue weighted by molar-refractivity contribution is 7.11. The van der Waals surface area contributed by atoms with Crippen molar-refractivity contribution in [1.29, 1.82) is 0 Å². The Morgan fingerprint density at radius 2 is 2.24 bits per heavy atom. The molecule has 5 heteroatoms. The lowest BCUT2D eigenvalue weighted by Crippen LogP contribution is -2.37. The fourth-order valence-electron chi connectivity index (χ4n) is 1.81. The molecule has 0 aromatic carbocycles. The van der Waals surface area contributed by atoms with Gasteiger partial charge in [0, 0.05) is 25.1 Å². The van der Waals surface area contributed by atoms with Gasteiger partial charge in [0.15, 0.2) is 0 Å². The summed E-state index contributed by atoms with van der Waals surface area (Å²) in [5, 5.41) is 14.1. The molecule has 0 amide bonds. The maximum atomic E-state index is 5.60. The molecule has 4 nitrogen and oxygen atoms in total. The molecule has 1 fully saturated rings. The number of nitrogens with zero attached hydrogens (tertiary/aromatic N) is 2. The van der Waals surface area contributed by atoms with Gasteiger partial charge in [0.25, 0.3) is 0 Å². The number of rotatable bonds is 4. The van der Waals surface area contributed by atoms with E-state index in [9.17, 15) is 0 Å². The van der Waals surface area contributed by atoms with Gasteiger partial charge < -0.3 is 10.1 Å². The van der Waals surface area contributed by atoms with Gasteiger partial charge in [0.05, 0.1) is 0 Å². The predicted molar refractivity (Wildman–Crippen MR) is 69.3 cm³/mol. The Balaban J connectivity index is 1.81. The summed E-state index contributed by atoms with van der Waals surface area (Å²) < 4.78 is 5.60. The van der Waals surface area contributed by atoms with Crippen LogP contribution in [-0.4, -0.2) is 28.9 Å². The van der Waals surface area contributed by atoms with Crippen LogP contribution in [0.15, 0.2) is 0 Å². The molecule has 0 saturated carbocycles. The number of aromatic nitrogens is 2. The first-order valence-electron chi connectivity index (χ1n) is 6.23. The standard InChI is InChI=1S/C12H21N3OS/c1-12(2,3)13-7-6-10-14-15-11(17-10)9-5-4-8-16-9/h9,13H,4-8H2,1-3H3. The summed E-state index contributed by atoms with van der Waals surface area (Å²) >= 11 is 1.69. The van der Waals surface area contributed by atoms with Crippen LogP contribution in [0.1, 0.15) is 49.7 Å². The molecule has 2 rings (SSSR count). The highest BCUT2D eigenvalue weighted by atomic mass is 32.1. The number of nitrogens with one attached hydrogen (secondary N) is 1. The predicted octanol–water partition coefficient (Wildman–Crippen LogP) is 2.32. The highest BCUT2D eigenvalue weighted by Gasteiger charge is 2.21. The molecular formula is C12H21N3OS. The molecule has 1 aliphatic rings. The zero-order chi connectivity index (χ0) is 12.3. The van der Waals surface area contributed by atoms with Crippen molar-refractivity contribution >= 4 is 11.3 Å². The quantitative estimate of drug-likeness (QED) is 0.897. The van der Waals surface area contributed by atoms with E-state index in [2.05, 4.69) is 36.3 Å². The van der Waals surface area contributed by atoms with Crippen LogP contribution in [-0.2, 0) is 11.2 Å². The molecular weight excluding hydrogens is 234 g/mol. The van der Waals surface area contributed by atoms with Gasteiger partial charge in [-0.2, -0.15) is 0 Å². The van der Waals surface area contributed by atoms with Crippen molar-refractivity contribution in [1.82, 2.24) is 15.5 Å². The van der Waals surface area contributed by atoms with Crippen LogP contribution < -0.4 is 5.32 Å². The van der Waals surface area contributed by atoms with Gasteiger partial charge in [-0.15, -0.1) is 10.2 Å². The van der Waals surface area contributed by atoms with Crippen molar-refractivity contribution in [2.75, 3.05) is 13.2 Å². The summed E-state index contributed by atoms with van der Waals surface area (Å²) in [6.45, 7) is 8.33. The maximum Gasteiger partial charge on any atom is 0.146 e. The lowest BCUT2D eigenvalue weighted by atomic mass is 10.1. The van der Waals surface area contributed by atoms with E-state index in [1.54, 1.807) is 11.3 Å². The Hall–Kier alpha value is -0.520. The van der Waals surface area contributed by atoms with Crippen molar-refractivity contribution in [2.24, 2.45) is 0 Å². The first kappa shape index (κ1) is 12.9. The third-order valence-electron chi connectivity index (χ3n) is 2.68. The van der Waals surface area contributed by atoms with Crippen molar-refractivity contribution in [3.05, 3.63) is 10.0 Å². The van der Waals surface area contributed by atoms with E-state index in [1.165, 1.54) is 0 Å². The molecule has 96 valence electrons. The molecule has 2 heterocycles. The third kappa shape index (κ3) is 4.01. The van der Waals surface area contributed by atoms with Crippen LogP contribution in [0, 0.1) is 0 Å². The van der Waals surface area contributed by atoms with Gasteiger partial charge in [0.1, 0.15) is 16.1 Å². The molecule has 0 aliphatic carbocycles. The summed E-state index contributed by atoms with van der Waals surface area (Å²) in [7, 11) is 0. The van der Waals surface area contributed by atoms with Crippen LogP contribution in [0.5, 0.6) is 0 Å². The van der Waals surface area contributed by atoms with Crippen LogP contribution in [0.2, 0.25) is 0 Å². The van der Waals surface area contributed by atoms with Gasteiger partial charge >= 0.3 is 0 Å². The molecule has 1 aromatic heterocycles. The molecule has 0 radical (unpaired) electrons. The lowest BCUT2D eigenvalue weighted by Gasteiger charge is -2.19. The second-order valence-electron chi connectivity index (χ2n) is 5.46. The number of hydrogen-bond acceptors (Lipinski definition) is 5. The van der Waals surface area contributed by atoms with Gasteiger partial charge in [-0.1, -0.05) is 11.3 Å². The van der Waals surface area contributed by atoms with Crippen LogP contribution in [0.4, 0.5) is 0 Å². The van der Waals surface area contributed by atoms with E-state index < -0.39 is 0 Å². The van der Waals surface area contributed by atoms with Crippen LogP contribution in [0.3, 0.4) is 0 Å². The largest absolute Gasteiger partial charge is 0.371 e. The molecule has 1 aliphatic heterocycles. The normalized spacial score (nSPS) is 21.0. The zero-order valence-corrected chi connectivity index (χ0v) is 11.6. The lowest BCUT2D eigenvalue weighted by molar-refractivity contribution is 0.111. The van der Waals surface area contributed by atoms with E-state index in [0.717, 1.165) is 42.4 Å². The SMILES string of the molecule is CC(C)(C)NCCc1nnc(C2CCCO2)s1. The van der Waals surface area contributed by atoms with Crippen molar-refractivity contribution < 1.29 is 4.74 Å². The molecule has 17 heavy (non-hydrogen) atoms. The van der Waals surface area contributed by atoms with Gasteiger partial charge in [-0.05, 0) is 33.6 Å². The first-order valence-corrected chi connectivity index (χ1v) is 7.05. The smallest absolute Gasteiger partial charge is 0.146 e. The average Bonchev–Trinajstić information content (AvgIpc) is 2.83. The summed E-state index contributed by atoms with van der Waals surface area (Å²) in [6, 6.07) is 0. The molecule has 0 bridgehead atoms. The Kier molecular flexibility index (Phi) is 4.12. The summed E-state index contributed by atoms with van der Waals surface area (Å²) in [5.74, 6) is 0. The zero-order valence-electron chi connectivity index (χ0n) is 10.8. The second-order valence-corrected chi connectivity index (χ2v) is 6.56. The van der Waals surface area contributed by atoms with E-state index in [-0.39, 0.29) is 11.6 Å². The fourth-order valence-corrected chi connectivity index (χ4v) is 2.74. The summed E-state index contributed by atoms with van der Waals surface area (Å²) in [6.07, 6.45) is 3.39. The molecule has 1 unspecified atom stereocenters. The molecule has 1 N–H and O–H groups in total. The minimum Gasteiger partial charge on any atom is -0.371 e. The van der Waals surface area contributed by atoms with E-state index in [1.807, 2.05) is 0 Å². The van der Waals surface area contributed by atoms with Gasteiger partial charge in [0.2, 0.25) is 0 Å². The minimum atomic E-state index is 0.169. The number of ether oxygens (including phenoxy) is 1. The number of hydrogen-bond donors (Lipinski definition) is 1. The Labute approximate surface area is 107 Å². The molecule has 1 atom stereocenters. The average molecular weight is 255 g/mol. The fraction of sp³-hybridized carbons (Fsp3) is 0.833. The monoisotopic (exact) mass is 255 g/mol. The van der Waals surface area contributed by atoms with E-state index in [0.29, 0.717) is 0 Å². The Bertz CT molecular complexity index is 353. The maximum absolute atomic E-state index is 5.60. The minimum absolute atomic E-state index is 0.169. The summed E-state index contributed by atoms with van der Waals surface area (Å²) in [5.41, 5.74) is 0.169. The highest BCUT2D eigenvalue weighted by Crippen LogP contribution is 2.30. The summed E-state index contributed by atoms with van der Waals surface area (Å²) in [4.78, 5) is 0. The van der Waals surface area contributed by atoms with Crippen molar-refractivity contribution in [3.63, 3.8) is 0 Å². The Morgan fingerprint density at radius 3 is 2.88 bits per heavy atom. The van der Waals surface area contributed by atoms with Crippen molar-refractivity contribution in [3.8, 4) is 0 Å². The van der Waals surface area contributed by atoms with Gasteiger partial charge in [-0.25, -0.2) is 0 Å². The molecule has 0 spiro atoms. The van der Waals surface area contributed by atoms with Crippen LogP contribution >= 0.6 is 11.3 Å². The van der Waals surface area contributed by atoms with E-state index in [4.69, 9.17) is 4.74 Å². The molecule has 1 aromatic rings. The van der Waals surface area contributed by atoms with Crippen LogP contribution in [0.25, 0.3) is 0 Å². The van der Waals surface area contributed by atoms with Gasteiger partial charge in [-0.3, -0.25) is 0 Å². The second kappa shape index (κ2) is 5.42. The van der Waals surface area contributed by atoms with Crippen molar-refractivity contribution in [2.45, 2.75) is 51.7 Å². The topological polar surface area (TPSA) is 47.0 Å². The molecule has 1 saturated heterocycles. The first-order chi connectivity index (χ1) is 8.04.